The zero-order valence-corrected chi connectivity index (χ0v) is 10.9. The van der Waals surface area contributed by atoms with Crippen molar-refractivity contribution in [3.63, 3.8) is 0 Å². The number of carbonyl (C=O) groups is 2. The second-order valence-electron chi connectivity index (χ2n) is 4.15. The molecular weight excluding hydrogens is 264 g/mol. The van der Waals surface area contributed by atoms with Gasteiger partial charge in [0.1, 0.15) is 6.54 Å². The molecular formula is C11H14N6O3. The summed E-state index contributed by atoms with van der Waals surface area (Å²) < 4.78 is 2.83. The van der Waals surface area contributed by atoms with E-state index in [1.165, 1.54) is 6.20 Å². The van der Waals surface area contributed by atoms with Gasteiger partial charge in [-0.3, -0.25) is 14.3 Å². The molecule has 0 aliphatic heterocycles. The van der Waals surface area contributed by atoms with Crippen LogP contribution < -0.4 is 5.32 Å². The summed E-state index contributed by atoms with van der Waals surface area (Å²) in [5.74, 6) is -1.43. The van der Waals surface area contributed by atoms with Gasteiger partial charge in [0, 0.05) is 31.9 Å². The molecule has 0 fully saturated rings. The van der Waals surface area contributed by atoms with E-state index < -0.39 is 5.97 Å². The maximum absolute atomic E-state index is 11.8. The van der Waals surface area contributed by atoms with Gasteiger partial charge in [-0.25, -0.2) is 4.68 Å². The molecule has 2 rings (SSSR count). The van der Waals surface area contributed by atoms with E-state index in [1.807, 2.05) is 13.1 Å². The van der Waals surface area contributed by atoms with Crippen molar-refractivity contribution >= 4 is 11.9 Å². The van der Waals surface area contributed by atoms with E-state index in [0.29, 0.717) is 13.0 Å². The molecule has 2 heterocycles. The molecule has 2 aromatic heterocycles. The van der Waals surface area contributed by atoms with E-state index in [1.54, 1.807) is 10.9 Å². The molecule has 0 aliphatic carbocycles. The van der Waals surface area contributed by atoms with Crippen LogP contribution >= 0.6 is 0 Å². The highest BCUT2D eigenvalue weighted by Gasteiger charge is 2.11. The highest BCUT2D eigenvalue weighted by Crippen LogP contribution is 1.97. The van der Waals surface area contributed by atoms with E-state index in [0.717, 1.165) is 10.4 Å². The number of carboxylic acid groups (broad SMARTS) is 1. The van der Waals surface area contributed by atoms with Crippen molar-refractivity contribution in [2.45, 2.75) is 13.0 Å². The van der Waals surface area contributed by atoms with Crippen LogP contribution in [0.25, 0.3) is 0 Å². The first-order valence-corrected chi connectivity index (χ1v) is 5.93. The number of nitrogens with zero attached hydrogens (tertiary/aromatic N) is 5. The van der Waals surface area contributed by atoms with E-state index >= 15 is 0 Å². The van der Waals surface area contributed by atoms with Gasteiger partial charge in [0.15, 0.2) is 5.69 Å². The average Bonchev–Trinajstić information content (AvgIpc) is 2.98. The fourth-order valence-corrected chi connectivity index (χ4v) is 1.66. The Morgan fingerprint density at radius 3 is 2.90 bits per heavy atom. The van der Waals surface area contributed by atoms with Crippen molar-refractivity contribution in [3.8, 4) is 0 Å². The zero-order valence-electron chi connectivity index (χ0n) is 10.9. The van der Waals surface area contributed by atoms with Crippen molar-refractivity contribution in [2.24, 2.45) is 7.05 Å². The number of amides is 1. The van der Waals surface area contributed by atoms with Crippen molar-refractivity contribution in [1.82, 2.24) is 30.1 Å². The number of aryl methyl sites for hydroxylation is 1. The summed E-state index contributed by atoms with van der Waals surface area (Å²) >= 11 is 0. The van der Waals surface area contributed by atoms with Crippen LogP contribution in [0.3, 0.4) is 0 Å². The minimum atomic E-state index is -1.04. The molecule has 0 aliphatic rings. The Labute approximate surface area is 114 Å². The molecule has 0 bridgehead atoms. The smallest absolute Gasteiger partial charge is 0.325 e. The molecule has 2 N–H and O–H groups in total. The van der Waals surface area contributed by atoms with Crippen LogP contribution in [0, 0.1) is 0 Å². The van der Waals surface area contributed by atoms with Gasteiger partial charge in [0.2, 0.25) is 0 Å². The van der Waals surface area contributed by atoms with Gasteiger partial charge in [-0.2, -0.15) is 5.10 Å². The number of carboxylic acids is 1. The molecule has 0 atom stereocenters. The second-order valence-corrected chi connectivity index (χ2v) is 4.15. The van der Waals surface area contributed by atoms with Gasteiger partial charge in [0.25, 0.3) is 5.91 Å². The molecule has 2 aromatic rings. The van der Waals surface area contributed by atoms with Crippen molar-refractivity contribution in [3.05, 3.63) is 29.8 Å². The summed E-state index contributed by atoms with van der Waals surface area (Å²) in [6.45, 7) is 0.111. The van der Waals surface area contributed by atoms with Gasteiger partial charge in [-0.1, -0.05) is 5.21 Å². The Morgan fingerprint density at radius 1 is 1.45 bits per heavy atom. The van der Waals surface area contributed by atoms with Crippen molar-refractivity contribution < 1.29 is 14.7 Å². The SMILES string of the molecule is Cn1nccc1CCNC(=O)c1cn(CC(=O)O)nn1. The summed E-state index contributed by atoms with van der Waals surface area (Å²) in [5.41, 5.74) is 1.09. The van der Waals surface area contributed by atoms with Crippen LogP contribution in [0.4, 0.5) is 0 Å². The largest absolute Gasteiger partial charge is 0.480 e. The standard InChI is InChI=1S/C11H14N6O3/c1-16-8(3-5-13-16)2-4-12-11(20)9-6-17(15-14-9)7-10(18)19/h3,5-6H,2,4,7H2,1H3,(H,12,20)(H,18,19). The number of rotatable bonds is 6. The highest BCUT2D eigenvalue weighted by atomic mass is 16.4. The molecule has 0 aromatic carbocycles. The number of aromatic nitrogens is 5. The van der Waals surface area contributed by atoms with Crippen LogP contribution in [-0.4, -0.2) is 48.3 Å². The second kappa shape index (κ2) is 5.95. The van der Waals surface area contributed by atoms with E-state index in [2.05, 4.69) is 20.7 Å². The third-order valence-electron chi connectivity index (χ3n) is 2.66. The fraction of sp³-hybridized carbons (Fsp3) is 0.364. The first-order chi connectivity index (χ1) is 9.56. The molecule has 1 amide bonds. The van der Waals surface area contributed by atoms with E-state index in [-0.39, 0.29) is 18.1 Å². The molecule has 0 spiro atoms. The summed E-state index contributed by atoms with van der Waals surface area (Å²) in [5, 5.41) is 22.5. The van der Waals surface area contributed by atoms with Crippen molar-refractivity contribution in [1.29, 1.82) is 0 Å². The number of aliphatic carboxylic acids is 1. The van der Waals surface area contributed by atoms with Crippen molar-refractivity contribution in [2.75, 3.05) is 6.54 Å². The molecule has 20 heavy (non-hydrogen) atoms. The molecule has 0 radical (unpaired) electrons. The lowest BCUT2D eigenvalue weighted by Crippen LogP contribution is -2.26. The Morgan fingerprint density at radius 2 is 2.25 bits per heavy atom. The van der Waals surface area contributed by atoms with Gasteiger partial charge >= 0.3 is 5.97 Å². The summed E-state index contributed by atoms with van der Waals surface area (Å²) in [6.07, 6.45) is 3.63. The summed E-state index contributed by atoms with van der Waals surface area (Å²) in [4.78, 5) is 22.2. The summed E-state index contributed by atoms with van der Waals surface area (Å²) in [7, 11) is 1.83. The van der Waals surface area contributed by atoms with E-state index in [4.69, 9.17) is 5.11 Å². The monoisotopic (exact) mass is 278 g/mol. The quantitative estimate of drug-likeness (QED) is 0.705. The van der Waals surface area contributed by atoms with Crippen LogP contribution in [-0.2, 0) is 24.8 Å². The van der Waals surface area contributed by atoms with Crippen LogP contribution in [0.5, 0.6) is 0 Å². The Kier molecular flexibility index (Phi) is 4.08. The maximum Gasteiger partial charge on any atom is 0.325 e. The van der Waals surface area contributed by atoms with Crippen LogP contribution in [0.2, 0.25) is 0 Å². The van der Waals surface area contributed by atoms with Crippen LogP contribution in [0.15, 0.2) is 18.5 Å². The zero-order chi connectivity index (χ0) is 14.5. The molecule has 106 valence electrons. The lowest BCUT2D eigenvalue weighted by Gasteiger charge is -2.03. The third kappa shape index (κ3) is 3.40. The fourth-order valence-electron chi connectivity index (χ4n) is 1.66. The predicted octanol–water partition coefficient (Wildman–Crippen LogP) is -0.931. The highest BCUT2D eigenvalue weighted by molar-refractivity contribution is 5.91. The number of hydrogen-bond donors (Lipinski definition) is 2. The van der Waals surface area contributed by atoms with Crippen LogP contribution in [0.1, 0.15) is 16.2 Å². The molecule has 0 saturated carbocycles. The first-order valence-electron chi connectivity index (χ1n) is 5.93. The Hall–Kier alpha value is -2.71. The average molecular weight is 278 g/mol. The lowest BCUT2D eigenvalue weighted by atomic mass is 10.3. The van der Waals surface area contributed by atoms with Gasteiger partial charge in [-0.15, -0.1) is 5.10 Å². The normalized spacial score (nSPS) is 10.4. The Bertz CT molecular complexity index is 617. The Balaban J connectivity index is 1.84. The first kappa shape index (κ1) is 13.7. The minimum absolute atomic E-state index is 0.0938. The van der Waals surface area contributed by atoms with Gasteiger partial charge in [0.05, 0.1) is 6.20 Å². The minimum Gasteiger partial charge on any atom is -0.480 e. The molecule has 0 unspecified atom stereocenters. The number of carbonyl (C=O) groups excluding carboxylic acids is 1. The molecule has 0 saturated heterocycles. The number of nitrogens with one attached hydrogen (secondary N) is 1. The maximum atomic E-state index is 11.8. The summed E-state index contributed by atoms with van der Waals surface area (Å²) in [6, 6.07) is 1.87. The molecule has 9 heteroatoms. The third-order valence-corrected chi connectivity index (χ3v) is 2.66. The molecule has 9 nitrogen and oxygen atoms in total. The topological polar surface area (TPSA) is 115 Å². The van der Waals surface area contributed by atoms with E-state index in [9.17, 15) is 9.59 Å². The predicted molar refractivity (Wildman–Crippen MR) is 66.9 cm³/mol. The van der Waals surface area contributed by atoms with Gasteiger partial charge in [-0.05, 0) is 6.07 Å². The number of hydrogen-bond acceptors (Lipinski definition) is 5. The van der Waals surface area contributed by atoms with Gasteiger partial charge < -0.3 is 10.4 Å². The lowest BCUT2D eigenvalue weighted by molar-refractivity contribution is -0.137.